The van der Waals surface area contributed by atoms with Crippen molar-refractivity contribution >= 4 is 5.78 Å². The first-order chi connectivity index (χ1) is 8.88. The third kappa shape index (κ3) is 2.65. The van der Waals surface area contributed by atoms with E-state index < -0.39 is 34.6 Å². The van der Waals surface area contributed by atoms with Crippen LogP contribution >= 0.6 is 0 Å². The number of hydrogen-bond donors (Lipinski definition) is 0. The Balaban J connectivity index is 2.56. The molecule has 2 rings (SSSR count). The predicted molar refractivity (Wildman–Crippen MR) is 60.9 cm³/mol. The largest absolute Gasteiger partial charge is 0.288 e. The summed E-state index contributed by atoms with van der Waals surface area (Å²) in [5.74, 6) is -5.47. The zero-order valence-electron chi connectivity index (χ0n) is 9.81. The minimum absolute atomic E-state index is 0.193. The summed E-state index contributed by atoms with van der Waals surface area (Å²) in [5, 5.41) is 0. The SMILES string of the molecule is Cc1cc(F)cc(C(=O)c2c(F)cc(F)cc2F)c1. The van der Waals surface area contributed by atoms with Crippen molar-refractivity contribution in [3.05, 3.63) is 70.3 Å². The van der Waals surface area contributed by atoms with E-state index in [9.17, 15) is 22.4 Å². The van der Waals surface area contributed by atoms with Crippen molar-refractivity contribution in [3.8, 4) is 0 Å². The highest BCUT2D eigenvalue weighted by Gasteiger charge is 2.21. The van der Waals surface area contributed by atoms with Gasteiger partial charge in [-0.3, -0.25) is 4.79 Å². The van der Waals surface area contributed by atoms with E-state index in [1.165, 1.54) is 19.1 Å². The summed E-state index contributed by atoms with van der Waals surface area (Å²) < 4.78 is 52.8. The maximum absolute atomic E-state index is 13.5. The van der Waals surface area contributed by atoms with Gasteiger partial charge in [0.25, 0.3) is 0 Å². The van der Waals surface area contributed by atoms with E-state index in [0.717, 1.165) is 6.07 Å². The molecule has 0 fully saturated rings. The van der Waals surface area contributed by atoms with Crippen LogP contribution < -0.4 is 0 Å². The summed E-state index contributed by atoms with van der Waals surface area (Å²) in [7, 11) is 0. The Morgan fingerprint density at radius 1 is 0.842 bits per heavy atom. The lowest BCUT2D eigenvalue weighted by molar-refractivity contribution is 0.103. The van der Waals surface area contributed by atoms with E-state index >= 15 is 0 Å². The van der Waals surface area contributed by atoms with Crippen LogP contribution in [-0.4, -0.2) is 5.78 Å². The van der Waals surface area contributed by atoms with Crippen molar-refractivity contribution in [2.75, 3.05) is 0 Å². The molecule has 2 aromatic rings. The topological polar surface area (TPSA) is 17.1 Å². The molecule has 0 aromatic heterocycles. The van der Waals surface area contributed by atoms with E-state index in [-0.39, 0.29) is 5.56 Å². The van der Waals surface area contributed by atoms with Crippen LogP contribution in [-0.2, 0) is 0 Å². The number of halogens is 4. The minimum atomic E-state index is -1.32. The molecule has 0 aliphatic carbocycles. The summed E-state index contributed by atoms with van der Waals surface area (Å²) in [6.45, 7) is 1.54. The predicted octanol–water partition coefficient (Wildman–Crippen LogP) is 3.78. The van der Waals surface area contributed by atoms with Crippen molar-refractivity contribution in [2.24, 2.45) is 0 Å². The third-order valence-electron chi connectivity index (χ3n) is 2.54. The second kappa shape index (κ2) is 4.84. The molecular formula is C14H8F4O. The number of hydrogen-bond acceptors (Lipinski definition) is 1. The molecule has 5 heteroatoms. The zero-order valence-corrected chi connectivity index (χ0v) is 9.81. The Kier molecular flexibility index (Phi) is 3.38. The van der Waals surface area contributed by atoms with E-state index in [0.29, 0.717) is 17.7 Å². The van der Waals surface area contributed by atoms with Gasteiger partial charge in [-0.25, -0.2) is 17.6 Å². The van der Waals surface area contributed by atoms with Crippen LogP contribution in [0.15, 0.2) is 30.3 Å². The second-order valence-electron chi connectivity index (χ2n) is 4.09. The normalized spacial score (nSPS) is 10.6. The molecule has 0 bridgehead atoms. The van der Waals surface area contributed by atoms with Crippen molar-refractivity contribution < 1.29 is 22.4 Å². The van der Waals surface area contributed by atoms with Crippen LogP contribution in [0.1, 0.15) is 21.5 Å². The molecule has 1 nitrogen and oxygen atoms in total. The molecule has 98 valence electrons. The van der Waals surface area contributed by atoms with Crippen LogP contribution in [0.3, 0.4) is 0 Å². The Labute approximate surface area is 106 Å². The molecule has 0 saturated heterocycles. The summed E-state index contributed by atoms with van der Waals surface area (Å²) in [5.41, 5.74) is -0.653. The number of ketones is 1. The Morgan fingerprint density at radius 2 is 1.37 bits per heavy atom. The fourth-order valence-electron chi connectivity index (χ4n) is 1.77. The van der Waals surface area contributed by atoms with Crippen molar-refractivity contribution in [3.63, 3.8) is 0 Å². The molecule has 2 aromatic carbocycles. The van der Waals surface area contributed by atoms with Crippen LogP contribution in [0.4, 0.5) is 17.6 Å². The smallest absolute Gasteiger partial charge is 0.199 e. The second-order valence-corrected chi connectivity index (χ2v) is 4.09. The van der Waals surface area contributed by atoms with E-state index in [4.69, 9.17) is 0 Å². The lowest BCUT2D eigenvalue weighted by atomic mass is 10.0. The lowest BCUT2D eigenvalue weighted by Gasteiger charge is -2.06. The van der Waals surface area contributed by atoms with Crippen LogP contribution in [0, 0.1) is 30.2 Å². The molecular weight excluding hydrogens is 260 g/mol. The molecule has 0 amide bonds. The van der Waals surface area contributed by atoms with Crippen molar-refractivity contribution in [2.45, 2.75) is 6.92 Å². The van der Waals surface area contributed by atoms with E-state index in [2.05, 4.69) is 0 Å². The van der Waals surface area contributed by atoms with Crippen molar-refractivity contribution in [1.29, 1.82) is 0 Å². The maximum Gasteiger partial charge on any atom is 0.199 e. The number of rotatable bonds is 2. The summed E-state index contributed by atoms with van der Waals surface area (Å²) >= 11 is 0. The van der Waals surface area contributed by atoms with Gasteiger partial charge >= 0.3 is 0 Å². The molecule has 0 aliphatic heterocycles. The van der Waals surface area contributed by atoms with Crippen LogP contribution in [0.25, 0.3) is 0 Å². The molecule has 0 spiro atoms. The molecule has 0 aliphatic rings. The highest BCUT2D eigenvalue weighted by molar-refractivity contribution is 6.09. The fourth-order valence-corrected chi connectivity index (χ4v) is 1.77. The first-order valence-electron chi connectivity index (χ1n) is 5.35. The summed E-state index contributed by atoms with van der Waals surface area (Å²) in [6.07, 6.45) is 0. The summed E-state index contributed by atoms with van der Waals surface area (Å²) in [4.78, 5) is 11.9. The average Bonchev–Trinajstić information content (AvgIpc) is 2.25. The average molecular weight is 268 g/mol. The van der Waals surface area contributed by atoms with Gasteiger partial charge in [0.2, 0.25) is 0 Å². The lowest BCUT2D eigenvalue weighted by Crippen LogP contribution is -2.09. The molecule has 19 heavy (non-hydrogen) atoms. The number of benzene rings is 2. The number of carbonyl (C=O) groups excluding carboxylic acids is 1. The van der Waals surface area contributed by atoms with Gasteiger partial charge in [-0.15, -0.1) is 0 Å². The molecule has 0 atom stereocenters. The number of aryl methyl sites for hydroxylation is 1. The van der Waals surface area contributed by atoms with E-state index in [1.807, 2.05) is 0 Å². The van der Waals surface area contributed by atoms with Gasteiger partial charge in [0.1, 0.15) is 23.3 Å². The highest BCUT2D eigenvalue weighted by Crippen LogP contribution is 2.20. The quantitative estimate of drug-likeness (QED) is 0.598. The molecule has 0 saturated carbocycles. The first-order valence-corrected chi connectivity index (χ1v) is 5.35. The standard InChI is InChI=1S/C14H8F4O/c1-7-2-8(4-9(15)3-7)14(19)13-11(17)5-10(16)6-12(13)18/h2-6H,1H3. The first kappa shape index (κ1) is 13.3. The molecule has 0 N–H and O–H groups in total. The van der Waals surface area contributed by atoms with Gasteiger partial charge < -0.3 is 0 Å². The van der Waals surface area contributed by atoms with Gasteiger partial charge in [0.15, 0.2) is 5.78 Å². The Bertz CT molecular complexity index is 621. The number of carbonyl (C=O) groups is 1. The monoisotopic (exact) mass is 268 g/mol. The van der Waals surface area contributed by atoms with Crippen LogP contribution in [0.2, 0.25) is 0 Å². The summed E-state index contributed by atoms with van der Waals surface area (Å²) in [6, 6.07) is 4.16. The van der Waals surface area contributed by atoms with Gasteiger partial charge in [0.05, 0.1) is 5.56 Å². The Hall–Kier alpha value is -2.17. The van der Waals surface area contributed by atoms with Gasteiger partial charge in [-0.05, 0) is 30.7 Å². The fraction of sp³-hybridized carbons (Fsp3) is 0.0714. The highest BCUT2D eigenvalue weighted by atomic mass is 19.1. The van der Waals surface area contributed by atoms with Crippen molar-refractivity contribution in [1.82, 2.24) is 0 Å². The van der Waals surface area contributed by atoms with Gasteiger partial charge in [-0.1, -0.05) is 0 Å². The van der Waals surface area contributed by atoms with Gasteiger partial charge in [0, 0.05) is 17.7 Å². The minimum Gasteiger partial charge on any atom is -0.288 e. The van der Waals surface area contributed by atoms with E-state index in [1.54, 1.807) is 0 Å². The maximum atomic E-state index is 13.5. The molecule has 0 radical (unpaired) electrons. The molecule has 0 unspecified atom stereocenters. The van der Waals surface area contributed by atoms with Gasteiger partial charge in [-0.2, -0.15) is 0 Å². The Morgan fingerprint density at radius 3 is 1.89 bits per heavy atom. The molecule has 0 heterocycles. The zero-order chi connectivity index (χ0) is 14.2. The third-order valence-corrected chi connectivity index (χ3v) is 2.54. The van der Waals surface area contributed by atoms with Crippen LogP contribution in [0.5, 0.6) is 0 Å².